The van der Waals surface area contributed by atoms with Crippen LogP contribution in [0.25, 0.3) is 94.7 Å². The number of aromatic nitrogens is 2. The number of carbonyl (C=O) groups is 2. The first-order valence-corrected chi connectivity index (χ1v) is 39.9. The second kappa shape index (κ2) is 32.6. The molecule has 0 unspecified atom stereocenters. The van der Waals surface area contributed by atoms with Gasteiger partial charge in [-0.1, -0.05) is 256 Å². The van der Waals surface area contributed by atoms with Crippen molar-refractivity contribution < 1.29 is 9.59 Å². The van der Waals surface area contributed by atoms with Crippen molar-refractivity contribution in [2.75, 3.05) is 13.1 Å². The minimum atomic E-state index is -0.0175. The fourth-order valence-corrected chi connectivity index (χ4v) is 19.7. The van der Waals surface area contributed by atoms with Crippen LogP contribution >= 0.6 is 45.3 Å². The summed E-state index contributed by atoms with van der Waals surface area (Å²) in [5, 5.41) is 8.03. The first kappa shape index (κ1) is 66.2. The zero-order valence-corrected chi connectivity index (χ0v) is 59.4. The molecule has 0 atom stereocenters. The van der Waals surface area contributed by atoms with Gasteiger partial charge in [0, 0.05) is 88.7 Å². The molecule has 8 heterocycles. The van der Waals surface area contributed by atoms with Gasteiger partial charge in [-0.25, -0.2) is 0 Å². The molecule has 6 nitrogen and oxygen atoms in total. The Morgan fingerprint density at radius 1 is 0.304 bits per heavy atom. The van der Waals surface area contributed by atoms with E-state index in [2.05, 4.69) is 146 Å². The maximum Gasteiger partial charge on any atom is 0.261 e. The van der Waals surface area contributed by atoms with Crippen LogP contribution in [0, 0.1) is 0 Å². The fourth-order valence-electron chi connectivity index (χ4n) is 15.1. The van der Waals surface area contributed by atoms with E-state index in [0.717, 1.165) is 82.5 Å². The molecule has 92 heavy (non-hydrogen) atoms. The van der Waals surface area contributed by atoms with Gasteiger partial charge >= 0.3 is 0 Å². The van der Waals surface area contributed by atoms with E-state index in [9.17, 15) is 0 Å². The Morgan fingerprint density at radius 3 is 0.978 bits per heavy atom. The van der Waals surface area contributed by atoms with Crippen LogP contribution in [0.4, 0.5) is 0 Å². The van der Waals surface area contributed by atoms with Gasteiger partial charge < -0.3 is 18.9 Å². The lowest BCUT2D eigenvalue weighted by Crippen LogP contribution is -2.30. The van der Waals surface area contributed by atoms with Crippen molar-refractivity contribution in [2.24, 2.45) is 0 Å². The molecular weight excluding hydrogens is 1200 g/mol. The Morgan fingerprint density at radius 2 is 0.620 bits per heavy atom. The monoisotopic (exact) mass is 1300 g/mol. The van der Waals surface area contributed by atoms with Gasteiger partial charge in [0.1, 0.15) is 9.66 Å². The fraction of sp³-hybridized carbons (Fsp3) is 0.488. The van der Waals surface area contributed by atoms with Crippen molar-refractivity contribution in [1.29, 1.82) is 0 Å². The van der Waals surface area contributed by atoms with Crippen LogP contribution in [0.1, 0.15) is 243 Å². The Bertz CT molecular complexity index is 3900. The van der Waals surface area contributed by atoms with E-state index < -0.39 is 0 Å². The molecule has 10 heteroatoms. The summed E-state index contributed by atoms with van der Waals surface area (Å²) >= 11 is 7.35. The second-order valence-corrected chi connectivity index (χ2v) is 31.1. The van der Waals surface area contributed by atoms with E-state index in [1.165, 1.54) is 240 Å². The van der Waals surface area contributed by atoms with E-state index in [0.29, 0.717) is 24.2 Å². The first-order chi connectivity index (χ1) is 45.4. The minimum absolute atomic E-state index is 0.0175. The van der Waals surface area contributed by atoms with Crippen LogP contribution in [0.2, 0.25) is 0 Å². The molecule has 0 saturated heterocycles. The van der Waals surface area contributed by atoms with Crippen LogP contribution in [0.15, 0.2) is 120 Å². The van der Waals surface area contributed by atoms with Gasteiger partial charge in [-0.3, -0.25) is 9.59 Å². The zero-order chi connectivity index (χ0) is 63.2. The van der Waals surface area contributed by atoms with Crippen LogP contribution < -0.4 is 0 Å². The number of rotatable bonds is 40. The lowest BCUT2D eigenvalue weighted by molar-refractivity contribution is -0.124. The molecule has 0 fully saturated rings. The van der Waals surface area contributed by atoms with E-state index in [1.54, 1.807) is 22.7 Å². The van der Waals surface area contributed by atoms with Gasteiger partial charge in [-0.05, 0) is 97.5 Å². The number of thiophene rings is 4. The SMILES string of the molecule is CCCCCCCCCCCCn1c2ccc(-c3ccc(C4=C5C(=O)N(CCCCCCCC)C(c6ccc(-c7ccc8c(c7)c7c9ccccc9sc7n8CCCCCCCCCCCC)s6)=C5C(=O)N4CCCCCCCC)s3)cc2c2c3ccccc3sc21. The summed E-state index contributed by atoms with van der Waals surface area (Å²) in [6, 6.07) is 41.1. The van der Waals surface area contributed by atoms with Gasteiger partial charge in [-0.15, -0.1) is 45.3 Å². The van der Waals surface area contributed by atoms with Gasteiger partial charge in [0.05, 0.1) is 32.3 Å². The predicted molar refractivity (Wildman–Crippen MR) is 404 cm³/mol. The summed E-state index contributed by atoms with van der Waals surface area (Å²) < 4.78 is 7.92. The molecule has 0 spiro atoms. The maximum atomic E-state index is 15.7. The molecule has 12 rings (SSSR count). The number of benzene rings is 4. The first-order valence-electron chi connectivity index (χ1n) is 36.6. The number of hydrogen-bond donors (Lipinski definition) is 0. The molecule has 6 aromatic heterocycles. The molecule has 2 aliphatic rings. The smallest absolute Gasteiger partial charge is 0.261 e. The summed E-state index contributed by atoms with van der Waals surface area (Å²) in [5.41, 5.74) is 7.83. The Hall–Kier alpha value is -5.78. The summed E-state index contributed by atoms with van der Waals surface area (Å²) in [4.78, 5) is 42.6. The van der Waals surface area contributed by atoms with E-state index in [-0.39, 0.29) is 11.8 Å². The number of amides is 2. The van der Waals surface area contributed by atoms with Crippen molar-refractivity contribution in [3.05, 3.63) is 130 Å². The highest BCUT2D eigenvalue weighted by molar-refractivity contribution is 7.26. The normalized spacial score (nSPS) is 13.8. The number of nitrogens with zero attached hydrogens (tertiary/aromatic N) is 4. The number of unbranched alkanes of at least 4 members (excludes halogenated alkanes) is 28. The highest BCUT2D eigenvalue weighted by Gasteiger charge is 2.49. The van der Waals surface area contributed by atoms with Crippen molar-refractivity contribution in [2.45, 2.75) is 246 Å². The van der Waals surface area contributed by atoms with Gasteiger partial charge in [-0.2, -0.15) is 0 Å². The van der Waals surface area contributed by atoms with Crippen molar-refractivity contribution in [3.8, 4) is 20.9 Å². The third-order valence-corrected chi connectivity index (χ3v) is 24.8. The Balaban J connectivity index is 0.870. The molecule has 2 amide bonds. The standard InChI is InChI=1S/C82H102N4O2S4/c1-5-9-13-17-21-23-25-27-31-37-53-83-65-47-45-59(57-63(65)73-61-41-33-35-43-69(61)91-81(73)83)67-49-51-71(89-67)77-75-76(80(88)85(77)55-39-29-19-15-11-7-3)78(86(79(75)87)56-40-30-20-16-12-8-4)72-52-50-68(90-72)60-46-48-66-64(58-60)74-62-42-34-36-44-70(62)92-82(74)84(66)54-38-32-28-26-24-22-18-14-10-6-2/h33-36,41-52,57-58H,5-32,37-40,53-56H2,1-4H3. The molecule has 2 aliphatic heterocycles. The van der Waals surface area contributed by atoms with Gasteiger partial charge in [0.15, 0.2) is 0 Å². The summed E-state index contributed by atoms with van der Waals surface area (Å²) in [6.45, 7) is 12.4. The van der Waals surface area contributed by atoms with Crippen LogP contribution in [-0.2, 0) is 22.7 Å². The van der Waals surface area contributed by atoms with E-state index in [4.69, 9.17) is 0 Å². The number of hydrogen-bond acceptors (Lipinski definition) is 6. The Labute approximate surface area is 565 Å². The third-order valence-electron chi connectivity index (χ3n) is 20.1. The molecule has 10 aromatic rings. The van der Waals surface area contributed by atoms with E-state index >= 15 is 9.59 Å². The third kappa shape index (κ3) is 14.5. The highest BCUT2D eigenvalue weighted by atomic mass is 32.1. The lowest BCUT2D eigenvalue weighted by Gasteiger charge is -2.24. The largest absolute Gasteiger partial charge is 0.332 e. The molecule has 0 saturated carbocycles. The molecule has 0 radical (unpaired) electrons. The number of fused-ring (bicyclic) bond motifs is 11. The zero-order valence-electron chi connectivity index (χ0n) is 56.1. The second-order valence-electron chi connectivity index (χ2n) is 26.9. The van der Waals surface area contributed by atoms with Crippen LogP contribution in [-0.4, -0.2) is 43.8 Å². The molecule has 0 N–H and O–H groups in total. The van der Waals surface area contributed by atoms with Crippen molar-refractivity contribution in [3.63, 3.8) is 0 Å². The molecular formula is C82H102N4O2S4. The average molecular weight is 1300 g/mol. The van der Waals surface area contributed by atoms with Crippen LogP contribution in [0.5, 0.6) is 0 Å². The molecule has 486 valence electrons. The lowest BCUT2D eigenvalue weighted by atomic mass is 10.1. The number of carbonyl (C=O) groups excluding carboxylic acids is 2. The van der Waals surface area contributed by atoms with Gasteiger partial charge in [0.2, 0.25) is 0 Å². The van der Waals surface area contributed by atoms with Crippen molar-refractivity contribution in [1.82, 2.24) is 18.9 Å². The Kier molecular flexibility index (Phi) is 23.5. The minimum Gasteiger partial charge on any atom is -0.332 e. The average Bonchev–Trinajstić information content (AvgIpc) is 1.58. The molecule has 0 bridgehead atoms. The summed E-state index contributed by atoms with van der Waals surface area (Å²) in [5.74, 6) is -0.0351. The van der Waals surface area contributed by atoms with Crippen molar-refractivity contribution >= 4 is 131 Å². The van der Waals surface area contributed by atoms with Gasteiger partial charge in [0.25, 0.3) is 11.8 Å². The predicted octanol–water partition coefficient (Wildman–Crippen LogP) is 26.2. The molecule has 0 aliphatic carbocycles. The maximum absolute atomic E-state index is 15.7. The summed E-state index contributed by atoms with van der Waals surface area (Å²) in [6.07, 6.45) is 40.1. The van der Waals surface area contributed by atoms with E-state index in [1.807, 2.05) is 32.5 Å². The van der Waals surface area contributed by atoms with Crippen LogP contribution in [0.3, 0.4) is 0 Å². The highest BCUT2D eigenvalue weighted by Crippen LogP contribution is 2.52. The summed E-state index contributed by atoms with van der Waals surface area (Å²) in [7, 11) is 0. The molecule has 4 aromatic carbocycles. The quantitative estimate of drug-likeness (QED) is 0.0359. The number of aryl methyl sites for hydroxylation is 2. The topological polar surface area (TPSA) is 50.5 Å².